The third-order valence-electron chi connectivity index (χ3n) is 8.46. The number of aryl methyl sites for hydroxylation is 1. The van der Waals surface area contributed by atoms with Crippen LogP contribution in [0.3, 0.4) is 0 Å². The molecule has 5 nitrogen and oxygen atoms in total. The predicted octanol–water partition coefficient (Wildman–Crippen LogP) is 5.62. The standard InChI is InChI=1S/C32H33N3O2/c1-23-28(30(36)35(33(23)2)26-16-7-4-8-17-26)22-34(29-19-11-13-24-12-9-10-18-27(24)29)31(37)32(20-21-32)25-14-5-3-6-15-25/h3-10,12,14-18,29H,11,13,19-22H2,1-2H3. The monoisotopic (exact) mass is 491 g/mol. The van der Waals surface area contributed by atoms with Crippen LogP contribution in [0.2, 0.25) is 0 Å². The van der Waals surface area contributed by atoms with Gasteiger partial charge < -0.3 is 4.90 Å². The van der Waals surface area contributed by atoms with Gasteiger partial charge in [0.05, 0.1) is 29.3 Å². The number of carbonyl (C=O) groups is 1. The van der Waals surface area contributed by atoms with Crippen LogP contribution < -0.4 is 5.56 Å². The summed E-state index contributed by atoms with van der Waals surface area (Å²) in [6, 6.07) is 28.4. The van der Waals surface area contributed by atoms with Crippen LogP contribution >= 0.6 is 0 Å². The summed E-state index contributed by atoms with van der Waals surface area (Å²) in [7, 11) is 1.92. The molecule has 0 bridgehead atoms. The first-order valence-electron chi connectivity index (χ1n) is 13.3. The van der Waals surface area contributed by atoms with Gasteiger partial charge in [0.2, 0.25) is 5.91 Å². The highest BCUT2D eigenvalue weighted by atomic mass is 16.2. The van der Waals surface area contributed by atoms with Crippen LogP contribution in [0.5, 0.6) is 0 Å². The molecule has 1 atom stereocenters. The van der Waals surface area contributed by atoms with Gasteiger partial charge in [-0.1, -0.05) is 72.8 Å². The molecule has 2 aliphatic carbocycles. The number of nitrogens with zero attached hydrogens (tertiary/aromatic N) is 3. The molecule has 1 unspecified atom stereocenters. The maximum absolute atomic E-state index is 14.5. The van der Waals surface area contributed by atoms with E-state index in [1.807, 2.05) is 72.1 Å². The minimum absolute atomic E-state index is 0.0391. The smallest absolute Gasteiger partial charge is 0.276 e. The maximum atomic E-state index is 14.5. The Bertz CT molecular complexity index is 1500. The quantitative estimate of drug-likeness (QED) is 0.351. The Hall–Kier alpha value is -3.86. The highest BCUT2D eigenvalue weighted by Gasteiger charge is 2.54. The maximum Gasteiger partial charge on any atom is 0.276 e. The summed E-state index contributed by atoms with van der Waals surface area (Å²) in [4.78, 5) is 30.4. The van der Waals surface area contributed by atoms with Crippen LogP contribution in [-0.4, -0.2) is 20.2 Å². The lowest BCUT2D eigenvalue weighted by Crippen LogP contribution is -2.43. The van der Waals surface area contributed by atoms with Gasteiger partial charge in [-0.25, -0.2) is 4.68 Å². The number of rotatable bonds is 6. The first kappa shape index (κ1) is 23.5. The first-order valence-corrected chi connectivity index (χ1v) is 13.3. The molecule has 37 heavy (non-hydrogen) atoms. The van der Waals surface area contributed by atoms with Gasteiger partial charge >= 0.3 is 0 Å². The van der Waals surface area contributed by atoms with Gasteiger partial charge in [0.15, 0.2) is 0 Å². The predicted molar refractivity (Wildman–Crippen MR) is 146 cm³/mol. The van der Waals surface area contributed by atoms with E-state index in [0.29, 0.717) is 12.1 Å². The average molecular weight is 492 g/mol. The summed E-state index contributed by atoms with van der Waals surface area (Å²) >= 11 is 0. The van der Waals surface area contributed by atoms with Gasteiger partial charge in [-0.05, 0) is 67.9 Å². The van der Waals surface area contributed by atoms with Crippen LogP contribution in [0, 0.1) is 6.92 Å². The van der Waals surface area contributed by atoms with Crippen molar-refractivity contribution in [2.45, 2.75) is 57.0 Å². The third-order valence-corrected chi connectivity index (χ3v) is 8.46. The van der Waals surface area contributed by atoms with Crippen molar-refractivity contribution >= 4 is 5.91 Å². The second-order valence-corrected chi connectivity index (χ2v) is 10.5. The highest BCUT2D eigenvalue weighted by molar-refractivity contribution is 5.91. The number of carbonyl (C=O) groups excluding carboxylic acids is 1. The van der Waals surface area contributed by atoms with Crippen molar-refractivity contribution in [3.05, 3.63) is 123 Å². The van der Waals surface area contributed by atoms with Crippen molar-refractivity contribution in [3.8, 4) is 5.69 Å². The van der Waals surface area contributed by atoms with Crippen molar-refractivity contribution in [3.63, 3.8) is 0 Å². The summed E-state index contributed by atoms with van der Waals surface area (Å²) in [6.07, 6.45) is 4.67. The fraction of sp³-hybridized carbons (Fsp3) is 0.312. The number of hydrogen-bond donors (Lipinski definition) is 0. The Balaban J connectivity index is 1.46. The van der Waals surface area contributed by atoms with Crippen LogP contribution in [-0.2, 0) is 30.2 Å². The molecule has 1 amide bonds. The van der Waals surface area contributed by atoms with Crippen LogP contribution in [0.4, 0.5) is 0 Å². The van der Waals surface area contributed by atoms with E-state index in [2.05, 4.69) is 36.4 Å². The van der Waals surface area contributed by atoms with Crippen LogP contribution in [0.25, 0.3) is 5.69 Å². The zero-order chi connectivity index (χ0) is 25.6. The molecule has 6 rings (SSSR count). The zero-order valence-corrected chi connectivity index (χ0v) is 21.6. The number of para-hydroxylation sites is 1. The molecule has 4 aromatic rings. The highest BCUT2D eigenvalue weighted by Crippen LogP contribution is 2.51. The molecule has 1 heterocycles. The molecule has 0 radical (unpaired) electrons. The molecular weight excluding hydrogens is 458 g/mol. The molecule has 1 aromatic heterocycles. The van der Waals surface area contributed by atoms with E-state index >= 15 is 0 Å². The fourth-order valence-corrected chi connectivity index (χ4v) is 6.13. The second kappa shape index (κ2) is 9.22. The number of fused-ring (bicyclic) bond motifs is 1. The largest absolute Gasteiger partial charge is 0.330 e. The Morgan fingerprint density at radius 3 is 2.30 bits per heavy atom. The van der Waals surface area contributed by atoms with Gasteiger partial charge in [0.1, 0.15) is 0 Å². The van der Waals surface area contributed by atoms with Gasteiger partial charge in [-0.2, -0.15) is 0 Å². The lowest BCUT2D eigenvalue weighted by Gasteiger charge is -2.38. The van der Waals surface area contributed by atoms with Crippen molar-refractivity contribution in [2.24, 2.45) is 7.05 Å². The van der Waals surface area contributed by atoms with Crippen molar-refractivity contribution in [1.82, 2.24) is 14.3 Å². The molecule has 2 aliphatic rings. The summed E-state index contributed by atoms with van der Waals surface area (Å²) in [5.41, 5.74) is 5.48. The summed E-state index contributed by atoms with van der Waals surface area (Å²) in [5.74, 6) is 0.148. The Morgan fingerprint density at radius 1 is 0.946 bits per heavy atom. The van der Waals surface area contributed by atoms with Crippen LogP contribution in [0.1, 0.15) is 59.7 Å². The minimum Gasteiger partial charge on any atom is -0.330 e. The molecule has 5 heteroatoms. The molecule has 3 aromatic carbocycles. The Labute approximate surface area is 218 Å². The van der Waals surface area contributed by atoms with Crippen LogP contribution in [0.15, 0.2) is 89.7 Å². The SMILES string of the molecule is Cc1c(CN(C(=O)C2(c3ccccc3)CC2)C2CCCc3ccccc32)c(=O)n(-c2ccccc2)n1C. The lowest BCUT2D eigenvalue weighted by atomic mass is 9.85. The zero-order valence-electron chi connectivity index (χ0n) is 21.6. The third kappa shape index (κ3) is 3.93. The molecule has 0 spiro atoms. The van der Waals surface area contributed by atoms with E-state index in [-0.39, 0.29) is 17.5 Å². The Morgan fingerprint density at radius 2 is 1.59 bits per heavy atom. The van der Waals surface area contributed by atoms with E-state index in [9.17, 15) is 9.59 Å². The lowest BCUT2D eigenvalue weighted by molar-refractivity contribution is -0.137. The fourth-order valence-electron chi connectivity index (χ4n) is 6.13. The molecule has 0 N–H and O–H groups in total. The molecule has 1 saturated carbocycles. The topological polar surface area (TPSA) is 47.2 Å². The van der Waals surface area contributed by atoms with E-state index in [0.717, 1.165) is 49.0 Å². The number of amides is 1. The van der Waals surface area contributed by atoms with E-state index in [1.165, 1.54) is 11.1 Å². The molecule has 0 saturated heterocycles. The van der Waals surface area contributed by atoms with E-state index < -0.39 is 5.41 Å². The van der Waals surface area contributed by atoms with Gasteiger partial charge in [-0.3, -0.25) is 14.3 Å². The van der Waals surface area contributed by atoms with Crippen molar-refractivity contribution in [1.29, 1.82) is 0 Å². The number of benzene rings is 3. The average Bonchev–Trinajstić information content (AvgIpc) is 3.73. The number of aromatic nitrogens is 2. The van der Waals surface area contributed by atoms with Gasteiger partial charge in [0.25, 0.3) is 5.56 Å². The second-order valence-electron chi connectivity index (χ2n) is 10.5. The van der Waals surface area contributed by atoms with E-state index in [1.54, 1.807) is 4.68 Å². The molecular formula is C32H33N3O2. The Kier molecular flexibility index (Phi) is 5.86. The molecule has 1 fully saturated rings. The first-order chi connectivity index (χ1) is 18.0. The molecule has 188 valence electrons. The van der Waals surface area contributed by atoms with Crippen molar-refractivity contribution < 1.29 is 4.79 Å². The number of hydrogen-bond acceptors (Lipinski definition) is 2. The summed E-state index contributed by atoms with van der Waals surface area (Å²) in [6.45, 7) is 2.29. The van der Waals surface area contributed by atoms with Gasteiger partial charge in [0, 0.05) is 12.7 Å². The summed E-state index contributed by atoms with van der Waals surface area (Å²) < 4.78 is 3.63. The van der Waals surface area contributed by atoms with Gasteiger partial charge in [-0.15, -0.1) is 0 Å². The minimum atomic E-state index is -0.491. The van der Waals surface area contributed by atoms with E-state index in [4.69, 9.17) is 0 Å². The summed E-state index contributed by atoms with van der Waals surface area (Å²) in [5, 5.41) is 0. The van der Waals surface area contributed by atoms with Crippen molar-refractivity contribution in [2.75, 3.05) is 0 Å². The molecule has 0 aliphatic heterocycles. The normalized spacial score (nSPS) is 17.7.